The lowest BCUT2D eigenvalue weighted by atomic mass is 10.2. The van der Waals surface area contributed by atoms with Gasteiger partial charge in [-0.15, -0.1) is 0 Å². The van der Waals surface area contributed by atoms with Crippen LogP contribution in [0, 0.1) is 0 Å². The van der Waals surface area contributed by atoms with Crippen LogP contribution < -0.4 is 4.72 Å². The van der Waals surface area contributed by atoms with E-state index in [0.717, 1.165) is 11.0 Å². The fourth-order valence-electron chi connectivity index (χ4n) is 1.75. The van der Waals surface area contributed by atoms with Gasteiger partial charge >= 0.3 is 0 Å². The number of rotatable bonds is 8. The van der Waals surface area contributed by atoms with Gasteiger partial charge in [0.25, 0.3) is 0 Å². The molecule has 0 aliphatic rings. The van der Waals surface area contributed by atoms with E-state index < -0.39 is 16.1 Å². The zero-order valence-corrected chi connectivity index (χ0v) is 14.7. The number of sulfonamides is 1. The maximum absolute atomic E-state index is 12.1. The van der Waals surface area contributed by atoms with Gasteiger partial charge in [-0.05, 0) is 30.1 Å². The van der Waals surface area contributed by atoms with Gasteiger partial charge in [0.05, 0.1) is 0 Å². The molecule has 1 aromatic rings. The van der Waals surface area contributed by atoms with Crippen LogP contribution in [-0.4, -0.2) is 51.4 Å². The molecule has 0 fully saturated rings. The summed E-state index contributed by atoms with van der Waals surface area (Å²) < 4.78 is 26.7. The van der Waals surface area contributed by atoms with Crippen LogP contribution in [-0.2, 0) is 14.8 Å². The van der Waals surface area contributed by atoms with Gasteiger partial charge in [0, 0.05) is 19.5 Å². The monoisotopic (exact) mass is 342 g/mol. The molecule has 1 atom stereocenters. The summed E-state index contributed by atoms with van der Waals surface area (Å²) in [6.45, 7) is 0. The van der Waals surface area contributed by atoms with Gasteiger partial charge in [-0.1, -0.05) is 30.3 Å². The molecule has 7 heteroatoms. The lowest BCUT2D eigenvalue weighted by Crippen LogP contribution is -2.45. The molecule has 0 aromatic heterocycles. The highest BCUT2D eigenvalue weighted by atomic mass is 32.2. The normalized spacial score (nSPS) is 13.2. The van der Waals surface area contributed by atoms with Gasteiger partial charge in [-0.3, -0.25) is 4.79 Å². The highest BCUT2D eigenvalue weighted by molar-refractivity contribution is 7.98. The van der Waals surface area contributed by atoms with Gasteiger partial charge in [-0.2, -0.15) is 16.5 Å². The Labute approximate surface area is 136 Å². The van der Waals surface area contributed by atoms with E-state index in [9.17, 15) is 13.2 Å². The molecule has 1 N–H and O–H groups in total. The number of thioether (sulfide) groups is 1. The Morgan fingerprint density at radius 3 is 2.50 bits per heavy atom. The van der Waals surface area contributed by atoms with E-state index in [2.05, 4.69) is 4.72 Å². The SMILES string of the molecule is CSCCC(NS(=O)(=O)/C=C/c1ccccc1)C(=O)N(C)C. The number of hydrogen-bond donors (Lipinski definition) is 1. The molecule has 0 radical (unpaired) electrons. The van der Waals surface area contributed by atoms with Gasteiger partial charge in [-0.25, -0.2) is 8.42 Å². The third-order valence-corrected chi connectivity index (χ3v) is 4.65. The van der Waals surface area contributed by atoms with Crippen molar-refractivity contribution in [1.29, 1.82) is 0 Å². The summed E-state index contributed by atoms with van der Waals surface area (Å²) in [7, 11) is -0.448. The van der Waals surface area contributed by atoms with Gasteiger partial charge in [0.1, 0.15) is 6.04 Å². The average Bonchev–Trinajstić information content (AvgIpc) is 2.49. The molecule has 0 saturated heterocycles. The highest BCUT2D eigenvalue weighted by Gasteiger charge is 2.23. The molecule has 0 spiro atoms. The summed E-state index contributed by atoms with van der Waals surface area (Å²) in [6.07, 6.45) is 3.88. The third-order valence-electron chi connectivity index (χ3n) is 2.90. The zero-order valence-electron chi connectivity index (χ0n) is 13.0. The minimum absolute atomic E-state index is 0.245. The number of amides is 1. The number of likely N-dealkylation sites (N-methyl/N-ethyl adjacent to an activating group) is 1. The molecule has 5 nitrogen and oxygen atoms in total. The first-order valence-electron chi connectivity index (χ1n) is 6.81. The quantitative estimate of drug-likeness (QED) is 0.782. The van der Waals surface area contributed by atoms with Gasteiger partial charge in [0.2, 0.25) is 15.9 Å². The van der Waals surface area contributed by atoms with Crippen molar-refractivity contribution in [2.75, 3.05) is 26.1 Å². The third kappa shape index (κ3) is 6.64. The van der Waals surface area contributed by atoms with E-state index in [1.54, 1.807) is 25.9 Å². The van der Waals surface area contributed by atoms with E-state index in [1.807, 2.05) is 36.6 Å². The number of carbonyl (C=O) groups is 1. The molecule has 0 bridgehead atoms. The average molecular weight is 342 g/mol. The molecule has 1 rings (SSSR count). The maximum Gasteiger partial charge on any atom is 0.240 e. The zero-order chi connectivity index (χ0) is 16.6. The molecule has 0 heterocycles. The van der Waals surface area contributed by atoms with Crippen molar-refractivity contribution in [2.24, 2.45) is 0 Å². The highest BCUT2D eigenvalue weighted by Crippen LogP contribution is 2.07. The summed E-state index contributed by atoms with van der Waals surface area (Å²) in [5.74, 6) is 0.459. The van der Waals surface area contributed by atoms with Crippen LogP contribution >= 0.6 is 11.8 Å². The second kappa shape index (κ2) is 8.97. The Hall–Kier alpha value is -1.31. The molecular formula is C15H22N2O3S2. The van der Waals surface area contributed by atoms with Crippen LogP contribution in [0.25, 0.3) is 6.08 Å². The van der Waals surface area contributed by atoms with E-state index >= 15 is 0 Å². The first-order valence-corrected chi connectivity index (χ1v) is 9.75. The number of hydrogen-bond acceptors (Lipinski definition) is 4. The van der Waals surface area contributed by atoms with Gasteiger partial charge in [0.15, 0.2) is 0 Å². The van der Waals surface area contributed by atoms with Crippen molar-refractivity contribution in [2.45, 2.75) is 12.5 Å². The van der Waals surface area contributed by atoms with E-state index in [-0.39, 0.29) is 5.91 Å². The number of carbonyl (C=O) groups excluding carboxylic acids is 1. The number of benzene rings is 1. The van der Waals surface area contributed by atoms with Crippen LogP contribution in [0.4, 0.5) is 0 Å². The van der Waals surface area contributed by atoms with E-state index in [4.69, 9.17) is 0 Å². The summed E-state index contributed by atoms with van der Waals surface area (Å²) in [4.78, 5) is 13.5. The Balaban J connectivity index is 2.81. The molecule has 1 aromatic carbocycles. The Morgan fingerprint density at radius 1 is 1.32 bits per heavy atom. The smallest absolute Gasteiger partial charge is 0.240 e. The fraction of sp³-hybridized carbons (Fsp3) is 0.400. The minimum atomic E-state index is -3.68. The van der Waals surface area contributed by atoms with Crippen LogP contribution in [0.2, 0.25) is 0 Å². The van der Waals surface area contributed by atoms with Crippen molar-refractivity contribution in [3.8, 4) is 0 Å². The predicted molar refractivity (Wildman–Crippen MR) is 93.0 cm³/mol. The summed E-state index contributed by atoms with van der Waals surface area (Å²) in [6, 6.07) is 8.39. The van der Waals surface area contributed by atoms with E-state index in [1.165, 1.54) is 11.0 Å². The topological polar surface area (TPSA) is 66.5 Å². The predicted octanol–water partition coefficient (Wildman–Crippen LogP) is 1.79. The summed E-state index contributed by atoms with van der Waals surface area (Å²) in [5, 5.41) is 1.09. The fourth-order valence-corrected chi connectivity index (χ4v) is 3.25. The van der Waals surface area contributed by atoms with Crippen molar-refractivity contribution >= 4 is 33.8 Å². The molecule has 1 amide bonds. The Morgan fingerprint density at radius 2 is 1.95 bits per heavy atom. The van der Waals surface area contributed by atoms with Crippen LogP contribution in [0.1, 0.15) is 12.0 Å². The van der Waals surface area contributed by atoms with Crippen LogP contribution in [0.5, 0.6) is 0 Å². The largest absolute Gasteiger partial charge is 0.347 e. The van der Waals surface area contributed by atoms with Gasteiger partial charge < -0.3 is 4.90 Å². The molecule has 0 aliphatic heterocycles. The molecule has 122 valence electrons. The molecule has 0 aliphatic carbocycles. The molecule has 22 heavy (non-hydrogen) atoms. The summed E-state index contributed by atoms with van der Waals surface area (Å²) in [5.41, 5.74) is 0.785. The second-order valence-corrected chi connectivity index (χ2v) is 7.53. The van der Waals surface area contributed by atoms with Crippen LogP contribution in [0.3, 0.4) is 0 Å². The lowest BCUT2D eigenvalue weighted by molar-refractivity contribution is -0.130. The van der Waals surface area contributed by atoms with Crippen molar-refractivity contribution in [3.05, 3.63) is 41.3 Å². The van der Waals surface area contributed by atoms with E-state index in [0.29, 0.717) is 12.2 Å². The van der Waals surface area contributed by atoms with Crippen LogP contribution in [0.15, 0.2) is 35.7 Å². The molecular weight excluding hydrogens is 320 g/mol. The molecule has 1 unspecified atom stereocenters. The Kier molecular flexibility index (Phi) is 7.64. The summed E-state index contributed by atoms with van der Waals surface area (Å²) >= 11 is 1.57. The lowest BCUT2D eigenvalue weighted by Gasteiger charge is -2.20. The van der Waals surface area contributed by atoms with Crippen molar-refractivity contribution in [1.82, 2.24) is 9.62 Å². The maximum atomic E-state index is 12.1. The number of nitrogens with zero attached hydrogens (tertiary/aromatic N) is 1. The van der Waals surface area contributed by atoms with Crippen molar-refractivity contribution in [3.63, 3.8) is 0 Å². The number of nitrogens with one attached hydrogen (secondary N) is 1. The minimum Gasteiger partial charge on any atom is -0.347 e. The molecule has 0 saturated carbocycles. The van der Waals surface area contributed by atoms with Crippen molar-refractivity contribution < 1.29 is 13.2 Å². The first-order chi connectivity index (χ1) is 10.4. The second-order valence-electron chi connectivity index (χ2n) is 4.94. The Bertz CT molecular complexity index is 598. The standard InChI is InChI=1S/C15H22N2O3S2/c1-17(2)15(18)14(9-11-21-3)16-22(19,20)12-10-13-7-5-4-6-8-13/h4-8,10,12,14,16H,9,11H2,1-3H3/b12-10+. The first kappa shape index (κ1) is 18.7.